The van der Waals surface area contributed by atoms with Crippen LogP contribution in [0.15, 0.2) is 16.6 Å². The van der Waals surface area contributed by atoms with E-state index in [1.165, 1.54) is 11.1 Å². The van der Waals surface area contributed by atoms with E-state index in [0.29, 0.717) is 12.5 Å². The Labute approximate surface area is 105 Å². The molecule has 1 aromatic carbocycles. The molecule has 2 rings (SSSR count). The Morgan fingerprint density at radius 3 is 2.31 bits per heavy atom. The maximum atomic E-state index is 11.8. The zero-order valence-corrected chi connectivity index (χ0v) is 11.5. The van der Waals surface area contributed by atoms with E-state index in [-0.39, 0.29) is 5.91 Å². The molecule has 1 aromatic rings. The summed E-state index contributed by atoms with van der Waals surface area (Å²) in [6.07, 6.45) is 1.64. The minimum Gasteiger partial charge on any atom is -0.310 e. The van der Waals surface area contributed by atoms with Crippen molar-refractivity contribution in [1.29, 1.82) is 0 Å². The van der Waals surface area contributed by atoms with Gasteiger partial charge >= 0.3 is 0 Å². The molecule has 1 aliphatic rings. The second-order valence-corrected chi connectivity index (χ2v) is 5.34. The second-order valence-electron chi connectivity index (χ2n) is 4.54. The fourth-order valence-electron chi connectivity index (χ4n) is 2.29. The summed E-state index contributed by atoms with van der Waals surface area (Å²) in [5.41, 5.74) is 3.40. The summed E-state index contributed by atoms with van der Waals surface area (Å²) in [5.74, 6) is 0.244. The fraction of sp³-hybridized carbons (Fsp3) is 0.462. The lowest BCUT2D eigenvalue weighted by atomic mass is 10.1. The molecule has 0 radical (unpaired) electrons. The highest BCUT2D eigenvalue weighted by Crippen LogP contribution is 2.31. The van der Waals surface area contributed by atoms with Gasteiger partial charge in [0.1, 0.15) is 0 Å². The molecule has 2 nitrogen and oxygen atoms in total. The fourth-order valence-corrected chi connectivity index (χ4v) is 2.52. The maximum absolute atomic E-state index is 11.8. The number of rotatable bonds is 1. The van der Waals surface area contributed by atoms with Crippen LogP contribution in [0.5, 0.6) is 0 Å². The molecule has 86 valence electrons. The Bertz CT molecular complexity index is 419. The number of amides is 1. The SMILES string of the molecule is Cc1cc(N2C(=O)CC[C@@H]2C)cc(C)c1Br. The molecule has 0 saturated carbocycles. The summed E-state index contributed by atoms with van der Waals surface area (Å²) in [4.78, 5) is 13.7. The Kier molecular flexibility index (Phi) is 3.06. The topological polar surface area (TPSA) is 20.3 Å². The molecule has 1 amide bonds. The first kappa shape index (κ1) is 11.6. The van der Waals surface area contributed by atoms with Gasteiger partial charge in [0.15, 0.2) is 0 Å². The van der Waals surface area contributed by atoms with Crippen LogP contribution in [-0.4, -0.2) is 11.9 Å². The van der Waals surface area contributed by atoms with Gasteiger partial charge in [0.05, 0.1) is 0 Å². The molecule has 0 N–H and O–H groups in total. The standard InChI is InChI=1S/C13H16BrNO/c1-8-6-11(7-9(2)13(8)14)15-10(3)4-5-12(15)16/h6-7,10H,4-5H2,1-3H3/t10-/m0/s1. The van der Waals surface area contributed by atoms with Crippen molar-refractivity contribution in [3.8, 4) is 0 Å². The summed E-state index contributed by atoms with van der Waals surface area (Å²) in [6.45, 7) is 6.23. The highest BCUT2D eigenvalue weighted by atomic mass is 79.9. The van der Waals surface area contributed by atoms with Gasteiger partial charge in [-0.2, -0.15) is 0 Å². The third-order valence-electron chi connectivity index (χ3n) is 3.18. The van der Waals surface area contributed by atoms with Crippen molar-refractivity contribution in [3.63, 3.8) is 0 Å². The molecule has 0 bridgehead atoms. The Hall–Kier alpha value is -0.830. The molecular weight excluding hydrogens is 266 g/mol. The van der Waals surface area contributed by atoms with E-state index in [2.05, 4.69) is 48.8 Å². The van der Waals surface area contributed by atoms with E-state index in [4.69, 9.17) is 0 Å². The molecule has 1 aliphatic heterocycles. The van der Waals surface area contributed by atoms with Crippen LogP contribution in [0.2, 0.25) is 0 Å². The van der Waals surface area contributed by atoms with Crippen molar-refractivity contribution in [2.45, 2.75) is 39.7 Å². The number of hydrogen-bond acceptors (Lipinski definition) is 1. The average Bonchev–Trinajstić information content (AvgIpc) is 2.54. The van der Waals surface area contributed by atoms with Crippen LogP contribution in [0.25, 0.3) is 0 Å². The highest BCUT2D eigenvalue weighted by Gasteiger charge is 2.29. The summed E-state index contributed by atoms with van der Waals surface area (Å²) in [7, 11) is 0. The smallest absolute Gasteiger partial charge is 0.227 e. The third-order valence-corrected chi connectivity index (χ3v) is 4.44. The molecule has 0 spiro atoms. The van der Waals surface area contributed by atoms with Gasteiger partial charge in [-0.25, -0.2) is 0 Å². The first-order valence-corrected chi connectivity index (χ1v) is 6.39. The molecule has 1 atom stereocenters. The van der Waals surface area contributed by atoms with E-state index in [0.717, 1.165) is 16.6 Å². The van der Waals surface area contributed by atoms with E-state index in [1.54, 1.807) is 0 Å². The van der Waals surface area contributed by atoms with Crippen LogP contribution in [0, 0.1) is 13.8 Å². The van der Waals surface area contributed by atoms with Gasteiger partial charge in [0, 0.05) is 22.6 Å². The number of carbonyl (C=O) groups is 1. The van der Waals surface area contributed by atoms with Gasteiger partial charge in [0.2, 0.25) is 5.91 Å². The predicted octanol–water partition coefficient (Wildman–Crippen LogP) is 3.58. The number of halogens is 1. The normalized spacial score (nSPS) is 20.6. The molecule has 16 heavy (non-hydrogen) atoms. The number of aryl methyl sites for hydroxylation is 2. The van der Waals surface area contributed by atoms with Gasteiger partial charge < -0.3 is 4.90 Å². The van der Waals surface area contributed by atoms with Crippen molar-refractivity contribution in [1.82, 2.24) is 0 Å². The van der Waals surface area contributed by atoms with Crippen molar-refractivity contribution in [2.75, 3.05) is 4.90 Å². The van der Waals surface area contributed by atoms with Crippen molar-refractivity contribution in [3.05, 3.63) is 27.7 Å². The lowest BCUT2D eigenvalue weighted by molar-refractivity contribution is -0.117. The quantitative estimate of drug-likeness (QED) is 0.771. The number of carbonyl (C=O) groups excluding carboxylic acids is 1. The van der Waals surface area contributed by atoms with Crippen molar-refractivity contribution in [2.24, 2.45) is 0 Å². The summed E-state index contributed by atoms with van der Waals surface area (Å²) in [6, 6.07) is 4.49. The predicted molar refractivity (Wildman–Crippen MR) is 69.8 cm³/mol. The highest BCUT2D eigenvalue weighted by molar-refractivity contribution is 9.10. The zero-order valence-electron chi connectivity index (χ0n) is 9.88. The minimum atomic E-state index is 0.244. The lowest BCUT2D eigenvalue weighted by Crippen LogP contribution is -2.30. The molecule has 3 heteroatoms. The summed E-state index contributed by atoms with van der Waals surface area (Å²) >= 11 is 3.55. The van der Waals surface area contributed by atoms with Gasteiger partial charge in [-0.15, -0.1) is 0 Å². The molecule has 1 heterocycles. The number of hydrogen-bond donors (Lipinski definition) is 0. The van der Waals surface area contributed by atoms with Gasteiger partial charge in [-0.05, 0) is 50.5 Å². The van der Waals surface area contributed by atoms with Crippen LogP contribution < -0.4 is 4.90 Å². The zero-order chi connectivity index (χ0) is 11.9. The van der Waals surface area contributed by atoms with Crippen LogP contribution in [0.1, 0.15) is 30.9 Å². The third kappa shape index (κ3) is 1.88. The first-order valence-electron chi connectivity index (χ1n) is 5.59. The van der Waals surface area contributed by atoms with Crippen molar-refractivity contribution < 1.29 is 4.79 Å². The second kappa shape index (κ2) is 4.21. The van der Waals surface area contributed by atoms with Crippen LogP contribution in [-0.2, 0) is 4.79 Å². The molecule has 1 fully saturated rings. The average molecular weight is 282 g/mol. The van der Waals surface area contributed by atoms with E-state index < -0.39 is 0 Å². The Morgan fingerprint density at radius 1 is 1.31 bits per heavy atom. The summed E-state index contributed by atoms with van der Waals surface area (Å²) in [5, 5.41) is 0. The first-order chi connectivity index (χ1) is 7.50. The maximum Gasteiger partial charge on any atom is 0.227 e. The Balaban J connectivity index is 2.44. The number of nitrogens with zero attached hydrogens (tertiary/aromatic N) is 1. The molecule has 0 unspecified atom stereocenters. The number of benzene rings is 1. The van der Waals surface area contributed by atoms with E-state index in [9.17, 15) is 4.79 Å². The molecule has 1 saturated heterocycles. The minimum absolute atomic E-state index is 0.244. The monoisotopic (exact) mass is 281 g/mol. The lowest BCUT2D eigenvalue weighted by Gasteiger charge is -2.23. The van der Waals surface area contributed by atoms with Gasteiger partial charge in [0.25, 0.3) is 0 Å². The van der Waals surface area contributed by atoms with Crippen LogP contribution >= 0.6 is 15.9 Å². The van der Waals surface area contributed by atoms with E-state index >= 15 is 0 Å². The van der Waals surface area contributed by atoms with Crippen molar-refractivity contribution >= 4 is 27.5 Å². The van der Waals surface area contributed by atoms with Gasteiger partial charge in [-0.1, -0.05) is 15.9 Å². The Morgan fingerprint density at radius 2 is 1.88 bits per heavy atom. The number of anilines is 1. The van der Waals surface area contributed by atoms with Gasteiger partial charge in [-0.3, -0.25) is 4.79 Å². The van der Waals surface area contributed by atoms with E-state index in [1.807, 2.05) is 4.90 Å². The molecular formula is C13H16BrNO. The summed E-state index contributed by atoms with van der Waals surface area (Å²) < 4.78 is 1.13. The molecule has 0 aromatic heterocycles. The van der Waals surface area contributed by atoms with Crippen LogP contribution in [0.4, 0.5) is 5.69 Å². The molecule has 0 aliphatic carbocycles. The van der Waals surface area contributed by atoms with Crippen LogP contribution in [0.3, 0.4) is 0 Å². The largest absolute Gasteiger partial charge is 0.310 e.